The van der Waals surface area contributed by atoms with Crippen molar-refractivity contribution in [1.82, 2.24) is 0 Å². The van der Waals surface area contributed by atoms with E-state index >= 15 is 0 Å². The molecule has 98 valence electrons. The van der Waals surface area contributed by atoms with Gasteiger partial charge in [-0.15, -0.1) is 0 Å². The van der Waals surface area contributed by atoms with Crippen LogP contribution in [0.2, 0.25) is 0 Å². The van der Waals surface area contributed by atoms with Gasteiger partial charge in [0.05, 0.1) is 5.56 Å². The molecule has 0 saturated carbocycles. The molecule has 1 atom stereocenters. The average Bonchev–Trinajstić information content (AvgIpc) is 2.39. The molecule has 0 aromatic heterocycles. The fourth-order valence-corrected chi connectivity index (χ4v) is 2.41. The van der Waals surface area contributed by atoms with Gasteiger partial charge in [-0.2, -0.15) is 0 Å². The molecule has 0 saturated heterocycles. The average molecular weight is 319 g/mol. The van der Waals surface area contributed by atoms with Gasteiger partial charge in [0.1, 0.15) is 17.7 Å². The number of nitrogens with two attached hydrogens (primary N) is 1. The third kappa shape index (κ3) is 3.15. The molecule has 2 aromatic rings. The second-order valence-corrected chi connectivity index (χ2v) is 5.05. The number of nitrogens with one attached hydrogen (secondary N) is 1. The monoisotopic (exact) mass is 318 g/mol. The van der Waals surface area contributed by atoms with Crippen molar-refractivity contribution in [2.24, 2.45) is 5.73 Å². The fraction of sp³-hybridized carbons (Fsp3) is 0.133. The molecule has 1 unspecified atom stereocenters. The molecule has 2 aromatic carbocycles. The van der Waals surface area contributed by atoms with Gasteiger partial charge >= 0.3 is 0 Å². The Morgan fingerprint density at radius 2 is 1.84 bits per heavy atom. The van der Waals surface area contributed by atoms with E-state index in [2.05, 4.69) is 15.9 Å². The van der Waals surface area contributed by atoms with Crippen molar-refractivity contribution in [2.75, 3.05) is 0 Å². The zero-order chi connectivity index (χ0) is 13.8. The van der Waals surface area contributed by atoms with E-state index in [9.17, 15) is 0 Å². The highest BCUT2D eigenvalue weighted by Crippen LogP contribution is 2.30. The molecule has 0 amide bonds. The van der Waals surface area contributed by atoms with Crippen LogP contribution >= 0.6 is 15.9 Å². The lowest BCUT2D eigenvalue weighted by atomic mass is 10.1. The minimum Gasteiger partial charge on any atom is -0.485 e. The summed E-state index contributed by atoms with van der Waals surface area (Å²) in [6.07, 6.45) is -0.103. The van der Waals surface area contributed by atoms with Gasteiger partial charge in [0.15, 0.2) is 0 Å². The first kappa shape index (κ1) is 13.6. The minimum atomic E-state index is -0.103. The summed E-state index contributed by atoms with van der Waals surface area (Å²) in [6, 6.07) is 15.5. The molecule has 19 heavy (non-hydrogen) atoms. The highest BCUT2D eigenvalue weighted by molar-refractivity contribution is 9.10. The van der Waals surface area contributed by atoms with Crippen LogP contribution in [0.15, 0.2) is 53.0 Å². The number of benzene rings is 2. The van der Waals surface area contributed by atoms with E-state index in [-0.39, 0.29) is 11.9 Å². The summed E-state index contributed by atoms with van der Waals surface area (Å²) in [7, 11) is 0. The molecule has 0 bridgehead atoms. The predicted molar refractivity (Wildman–Crippen MR) is 80.6 cm³/mol. The van der Waals surface area contributed by atoms with Crippen LogP contribution < -0.4 is 10.5 Å². The third-order valence-corrected chi connectivity index (χ3v) is 3.48. The maximum Gasteiger partial charge on any atom is 0.132 e. The summed E-state index contributed by atoms with van der Waals surface area (Å²) >= 11 is 3.39. The Labute approximate surface area is 121 Å². The van der Waals surface area contributed by atoms with Crippen LogP contribution in [0.3, 0.4) is 0 Å². The highest BCUT2D eigenvalue weighted by Gasteiger charge is 2.14. The van der Waals surface area contributed by atoms with Gasteiger partial charge in [0, 0.05) is 4.47 Å². The van der Waals surface area contributed by atoms with Crippen molar-refractivity contribution >= 4 is 21.8 Å². The summed E-state index contributed by atoms with van der Waals surface area (Å²) < 4.78 is 6.68. The van der Waals surface area contributed by atoms with Gasteiger partial charge in [-0.1, -0.05) is 36.4 Å². The molecule has 3 N–H and O–H groups in total. The second kappa shape index (κ2) is 5.89. The summed E-state index contributed by atoms with van der Waals surface area (Å²) in [5, 5.41) is 7.63. The largest absolute Gasteiger partial charge is 0.485 e. The van der Waals surface area contributed by atoms with E-state index in [0.717, 1.165) is 10.0 Å². The second-order valence-electron chi connectivity index (χ2n) is 4.20. The molecular formula is C15H15BrN2O. The molecule has 0 aliphatic heterocycles. The number of ether oxygens (including phenoxy) is 1. The van der Waals surface area contributed by atoms with Crippen LogP contribution in [0.5, 0.6) is 5.75 Å². The topological polar surface area (TPSA) is 59.1 Å². The van der Waals surface area contributed by atoms with Gasteiger partial charge < -0.3 is 10.5 Å². The fourth-order valence-electron chi connectivity index (χ4n) is 1.85. The summed E-state index contributed by atoms with van der Waals surface area (Å²) in [6.45, 7) is 1.97. The Morgan fingerprint density at radius 1 is 1.16 bits per heavy atom. The molecule has 0 aliphatic carbocycles. The number of nitrogen functional groups attached to an aromatic ring is 1. The van der Waals surface area contributed by atoms with E-state index in [1.54, 1.807) is 0 Å². The summed E-state index contributed by atoms with van der Waals surface area (Å²) in [5.41, 5.74) is 7.27. The van der Waals surface area contributed by atoms with Gasteiger partial charge in [-0.25, -0.2) is 0 Å². The lowest BCUT2D eigenvalue weighted by Crippen LogP contribution is -2.15. The first-order valence-corrected chi connectivity index (χ1v) is 6.73. The Kier molecular flexibility index (Phi) is 4.22. The molecule has 0 radical (unpaired) electrons. The SMILES string of the molecule is CC(Oc1cccc(Br)c1C(=N)N)c1ccccc1. The molecule has 4 heteroatoms. The molecule has 3 nitrogen and oxygen atoms in total. The number of hydrogen-bond donors (Lipinski definition) is 2. The Morgan fingerprint density at radius 3 is 2.47 bits per heavy atom. The quantitative estimate of drug-likeness (QED) is 0.664. The molecular weight excluding hydrogens is 304 g/mol. The van der Waals surface area contributed by atoms with E-state index < -0.39 is 0 Å². The standard InChI is InChI=1S/C15H15BrN2O/c1-10(11-6-3-2-4-7-11)19-13-9-5-8-12(16)14(13)15(17)18/h2-10H,1H3,(H3,17,18). The number of halogens is 1. The van der Waals surface area contributed by atoms with Crippen molar-refractivity contribution in [1.29, 1.82) is 5.41 Å². The zero-order valence-electron chi connectivity index (χ0n) is 10.6. The van der Waals surface area contributed by atoms with Gasteiger partial charge in [0.2, 0.25) is 0 Å². The Bertz CT molecular complexity index is 584. The minimum absolute atomic E-state index is 0.0114. The normalized spacial score (nSPS) is 11.9. The summed E-state index contributed by atoms with van der Waals surface area (Å²) in [4.78, 5) is 0. The van der Waals surface area contributed by atoms with Crippen molar-refractivity contribution in [2.45, 2.75) is 13.0 Å². The number of hydrogen-bond acceptors (Lipinski definition) is 2. The summed E-state index contributed by atoms with van der Waals surface area (Å²) in [5.74, 6) is 0.598. The van der Waals surface area contributed by atoms with Crippen molar-refractivity contribution < 1.29 is 4.74 Å². The zero-order valence-corrected chi connectivity index (χ0v) is 12.1. The van der Waals surface area contributed by atoms with Crippen LogP contribution in [-0.2, 0) is 0 Å². The first-order valence-electron chi connectivity index (χ1n) is 5.94. The van der Waals surface area contributed by atoms with Crippen molar-refractivity contribution in [3.05, 3.63) is 64.1 Å². The van der Waals surface area contributed by atoms with Crippen LogP contribution in [0.4, 0.5) is 0 Å². The lowest BCUT2D eigenvalue weighted by molar-refractivity contribution is 0.226. The van der Waals surface area contributed by atoms with Gasteiger partial charge in [-0.05, 0) is 40.5 Å². The van der Waals surface area contributed by atoms with Crippen LogP contribution in [-0.4, -0.2) is 5.84 Å². The highest BCUT2D eigenvalue weighted by atomic mass is 79.9. The van der Waals surface area contributed by atoms with E-state index in [4.69, 9.17) is 15.9 Å². The maximum absolute atomic E-state index is 7.63. The third-order valence-electron chi connectivity index (χ3n) is 2.82. The molecule has 0 spiro atoms. The number of rotatable bonds is 4. The molecule has 0 heterocycles. The van der Waals surface area contributed by atoms with Crippen LogP contribution in [0.25, 0.3) is 0 Å². The van der Waals surface area contributed by atoms with E-state index in [0.29, 0.717) is 11.3 Å². The maximum atomic E-state index is 7.63. The van der Waals surface area contributed by atoms with Crippen molar-refractivity contribution in [3.63, 3.8) is 0 Å². The van der Waals surface area contributed by atoms with Crippen LogP contribution in [0.1, 0.15) is 24.2 Å². The van der Waals surface area contributed by atoms with E-state index in [1.807, 2.05) is 55.5 Å². The predicted octanol–water partition coefficient (Wildman–Crippen LogP) is 3.87. The first-order chi connectivity index (χ1) is 9.09. The Balaban J connectivity index is 2.29. The van der Waals surface area contributed by atoms with Gasteiger partial charge in [0.25, 0.3) is 0 Å². The van der Waals surface area contributed by atoms with Crippen LogP contribution in [0, 0.1) is 5.41 Å². The number of amidine groups is 1. The van der Waals surface area contributed by atoms with E-state index in [1.165, 1.54) is 0 Å². The smallest absolute Gasteiger partial charge is 0.132 e. The van der Waals surface area contributed by atoms with Crippen molar-refractivity contribution in [3.8, 4) is 5.75 Å². The Hall–Kier alpha value is -1.81. The van der Waals surface area contributed by atoms with Gasteiger partial charge in [-0.3, -0.25) is 5.41 Å². The molecule has 0 fully saturated rings. The lowest BCUT2D eigenvalue weighted by Gasteiger charge is -2.18. The molecule has 0 aliphatic rings. The molecule has 2 rings (SSSR count).